The van der Waals surface area contributed by atoms with Crippen LogP contribution in [0.15, 0.2) is 0 Å². The molecule has 1 nitrogen and oxygen atoms in total. The maximum atomic E-state index is 3.54. The largest absolute Gasteiger partial charge is 0.313 e. The molecule has 0 amide bonds. The Morgan fingerprint density at radius 3 is 2.44 bits per heavy atom. The van der Waals surface area contributed by atoms with Crippen LogP contribution in [-0.2, 0) is 0 Å². The molecule has 1 heterocycles. The van der Waals surface area contributed by atoms with Crippen LogP contribution in [0.3, 0.4) is 0 Å². The monoisotopic (exact) mass is 123 g/mol. The Kier molecular flexibility index (Phi) is 0.704. The molecule has 2 bridgehead atoms. The van der Waals surface area contributed by atoms with E-state index >= 15 is 0 Å². The quantitative estimate of drug-likeness (QED) is 0.507. The Morgan fingerprint density at radius 2 is 2.00 bits per heavy atom. The van der Waals surface area contributed by atoms with Crippen molar-refractivity contribution in [3.63, 3.8) is 0 Å². The molecule has 0 spiro atoms. The predicted octanol–water partition coefficient (Wildman–Crippen LogP) is 1.00. The van der Waals surface area contributed by atoms with Crippen LogP contribution < -0.4 is 5.32 Å². The summed E-state index contributed by atoms with van der Waals surface area (Å²) in [6.07, 6.45) is 4.63. The van der Waals surface area contributed by atoms with Gasteiger partial charge in [0, 0.05) is 6.04 Å². The third-order valence-corrected chi connectivity index (χ3v) is 3.68. The third kappa shape index (κ3) is 0.420. The first-order valence-corrected chi connectivity index (χ1v) is 4.18. The summed E-state index contributed by atoms with van der Waals surface area (Å²) in [6.45, 7) is 1.34. The Labute approximate surface area is 55.8 Å². The summed E-state index contributed by atoms with van der Waals surface area (Å²) in [5.41, 5.74) is 0. The molecule has 3 fully saturated rings. The minimum atomic E-state index is 0.976. The lowest BCUT2D eigenvalue weighted by atomic mass is 9.79. The number of nitrogens with one attached hydrogen (secondary N) is 1. The van der Waals surface area contributed by atoms with E-state index in [9.17, 15) is 0 Å². The van der Waals surface area contributed by atoms with E-state index in [4.69, 9.17) is 0 Å². The second-order valence-corrected chi connectivity index (χ2v) is 3.93. The first-order chi connectivity index (χ1) is 4.45. The van der Waals surface area contributed by atoms with Crippen molar-refractivity contribution in [2.75, 3.05) is 6.54 Å². The van der Waals surface area contributed by atoms with Crippen LogP contribution >= 0.6 is 0 Å². The molecule has 9 heavy (non-hydrogen) atoms. The molecule has 50 valence electrons. The molecule has 3 rings (SSSR count). The second kappa shape index (κ2) is 1.34. The van der Waals surface area contributed by atoms with Gasteiger partial charge in [-0.1, -0.05) is 0 Å². The van der Waals surface area contributed by atoms with Crippen molar-refractivity contribution in [1.29, 1.82) is 0 Å². The highest BCUT2D eigenvalue weighted by Crippen LogP contribution is 2.51. The van der Waals surface area contributed by atoms with Gasteiger partial charge in [-0.15, -0.1) is 0 Å². The summed E-state index contributed by atoms with van der Waals surface area (Å²) >= 11 is 0. The smallest absolute Gasteiger partial charge is 0.0139 e. The highest BCUT2D eigenvalue weighted by molar-refractivity contribution is 5.06. The van der Waals surface area contributed by atoms with Gasteiger partial charge in [0.2, 0.25) is 0 Å². The van der Waals surface area contributed by atoms with E-state index in [2.05, 4.69) is 5.32 Å². The average molecular weight is 123 g/mol. The van der Waals surface area contributed by atoms with E-state index < -0.39 is 0 Å². The summed E-state index contributed by atoms with van der Waals surface area (Å²) in [4.78, 5) is 0. The normalized spacial score (nSPS) is 61.3. The van der Waals surface area contributed by atoms with E-state index in [1.54, 1.807) is 12.8 Å². The maximum absolute atomic E-state index is 3.54. The molecule has 2 aliphatic carbocycles. The summed E-state index contributed by atoms with van der Waals surface area (Å²) < 4.78 is 0. The number of hydrogen-bond donors (Lipinski definition) is 1. The fourth-order valence-electron chi connectivity index (χ4n) is 3.13. The molecule has 1 saturated heterocycles. The van der Waals surface area contributed by atoms with Gasteiger partial charge in [0.25, 0.3) is 0 Å². The zero-order valence-electron chi connectivity index (χ0n) is 5.64. The second-order valence-electron chi connectivity index (χ2n) is 3.93. The van der Waals surface area contributed by atoms with Gasteiger partial charge in [0.05, 0.1) is 0 Å². The Hall–Kier alpha value is -0.0400. The van der Waals surface area contributed by atoms with Gasteiger partial charge in [-0.05, 0) is 43.6 Å². The standard InChI is InChI=1S/C8H13N/c1-2-6-3-5(1)7-4-9-8(6)7/h5-9H,1-4H2/t5-,6-,7+,8+/m0/s1. The molecule has 4 atom stereocenters. The molecule has 0 unspecified atom stereocenters. The summed E-state index contributed by atoms with van der Waals surface area (Å²) in [7, 11) is 0. The highest BCUT2D eigenvalue weighted by atomic mass is 15.0. The molecule has 1 heteroatoms. The third-order valence-electron chi connectivity index (χ3n) is 3.68. The van der Waals surface area contributed by atoms with Gasteiger partial charge < -0.3 is 5.32 Å². The first kappa shape index (κ1) is 4.73. The van der Waals surface area contributed by atoms with Crippen LogP contribution in [-0.4, -0.2) is 12.6 Å². The van der Waals surface area contributed by atoms with Crippen LogP contribution in [0.5, 0.6) is 0 Å². The van der Waals surface area contributed by atoms with Gasteiger partial charge in [-0.25, -0.2) is 0 Å². The van der Waals surface area contributed by atoms with Gasteiger partial charge in [0.15, 0.2) is 0 Å². The molecule has 0 aromatic carbocycles. The van der Waals surface area contributed by atoms with Crippen molar-refractivity contribution < 1.29 is 0 Å². The molecule has 0 aromatic rings. The number of hydrogen-bond acceptors (Lipinski definition) is 1. The predicted molar refractivity (Wildman–Crippen MR) is 36.1 cm³/mol. The van der Waals surface area contributed by atoms with Gasteiger partial charge in [-0.3, -0.25) is 0 Å². The van der Waals surface area contributed by atoms with E-state index in [0.717, 1.165) is 23.8 Å². The van der Waals surface area contributed by atoms with E-state index in [0.29, 0.717) is 0 Å². The van der Waals surface area contributed by atoms with E-state index in [1.165, 1.54) is 13.0 Å². The maximum Gasteiger partial charge on any atom is 0.0139 e. The van der Waals surface area contributed by atoms with Crippen LogP contribution in [0.25, 0.3) is 0 Å². The fraction of sp³-hybridized carbons (Fsp3) is 1.00. The number of fused-ring (bicyclic) bond motifs is 5. The van der Waals surface area contributed by atoms with Crippen molar-refractivity contribution in [3.8, 4) is 0 Å². The zero-order valence-corrected chi connectivity index (χ0v) is 5.64. The van der Waals surface area contributed by atoms with Crippen LogP contribution in [0.4, 0.5) is 0 Å². The van der Waals surface area contributed by atoms with Crippen LogP contribution in [0, 0.1) is 17.8 Å². The van der Waals surface area contributed by atoms with E-state index in [1.807, 2.05) is 0 Å². The lowest BCUT2D eigenvalue weighted by Crippen LogP contribution is -2.55. The lowest BCUT2D eigenvalue weighted by Gasteiger charge is -2.41. The highest BCUT2D eigenvalue weighted by Gasteiger charge is 2.51. The van der Waals surface area contributed by atoms with Crippen LogP contribution in [0.1, 0.15) is 19.3 Å². The fourth-order valence-corrected chi connectivity index (χ4v) is 3.13. The summed E-state index contributed by atoms with van der Waals surface area (Å²) in [5, 5.41) is 3.54. The first-order valence-electron chi connectivity index (χ1n) is 4.18. The minimum absolute atomic E-state index is 0.976. The molecule has 2 saturated carbocycles. The van der Waals surface area contributed by atoms with Crippen molar-refractivity contribution in [2.45, 2.75) is 25.3 Å². The molecule has 0 aromatic heterocycles. The Morgan fingerprint density at radius 1 is 1.11 bits per heavy atom. The zero-order chi connectivity index (χ0) is 5.84. The van der Waals surface area contributed by atoms with Crippen molar-refractivity contribution in [2.24, 2.45) is 17.8 Å². The Balaban J connectivity index is 1.94. The minimum Gasteiger partial charge on any atom is -0.313 e. The number of rotatable bonds is 0. The summed E-state index contributed by atoms with van der Waals surface area (Å²) in [5.74, 6) is 3.35. The summed E-state index contributed by atoms with van der Waals surface area (Å²) in [6, 6.07) is 0.976. The van der Waals surface area contributed by atoms with Crippen molar-refractivity contribution in [1.82, 2.24) is 5.32 Å². The van der Waals surface area contributed by atoms with Crippen molar-refractivity contribution >= 4 is 0 Å². The SMILES string of the molecule is C1C[C@H]2C[C@H]1[C@H]1CN[C@H]21. The van der Waals surface area contributed by atoms with Crippen molar-refractivity contribution in [3.05, 3.63) is 0 Å². The average Bonchev–Trinajstić information content (AvgIpc) is 2.18. The van der Waals surface area contributed by atoms with Crippen LogP contribution in [0.2, 0.25) is 0 Å². The Bertz CT molecular complexity index is 124. The van der Waals surface area contributed by atoms with E-state index in [-0.39, 0.29) is 0 Å². The molecular formula is C8H13N. The van der Waals surface area contributed by atoms with Gasteiger partial charge >= 0.3 is 0 Å². The van der Waals surface area contributed by atoms with Gasteiger partial charge in [-0.2, -0.15) is 0 Å². The molecule has 1 aliphatic heterocycles. The molecule has 3 aliphatic rings. The molecular weight excluding hydrogens is 110 g/mol. The molecule has 1 N–H and O–H groups in total. The lowest BCUT2D eigenvalue weighted by molar-refractivity contribution is 0.153. The molecule has 0 radical (unpaired) electrons. The topological polar surface area (TPSA) is 12.0 Å². The van der Waals surface area contributed by atoms with Gasteiger partial charge in [0.1, 0.15) is 0 Å².